The molecule has 1 saturated heterocycles. The van der Waals surface area contributed by atoms with Gasteiger partial charge in [-0.1, -0.05) is 32.0 Å². The number of H-pyrrole nitrogens is 1. The summed E-state index contributed by atoms with van der Waals surface area (Å²) in [7, 11) is 0. The van der Waals surface area contributed by atoms with Crippen LogP contribution in [-0.4, -0.2) is 75.6 Å². The lowest BCUT2D eigenvalue weighted by Gasteiger charge is -2.43. The third kappa shape index (κ3) is 5.42. The van der Waals surface area contributed by atoms with Crippen LogP contribution in [0.15, 0.2) is 30.3 Å². The summed E-state index contributed by atoms with van der Waals surface area (Å²) in [4.78, 5) is 27.2. The first-order valence-electron chi connectivity index (χ1n) is 11.9. The van der Waals surface area contributed by atoms with Gasteiger partial charge in [0.2, 0.25) is 0 Å². The highest BCUT2D eigenvalue weighted by molar-refractivity contribution is 5.92. The average Bonchev–Trinajstić information content (AvgIpc) is 3.32. The van der Waals surface area contributed by atoms with Crippen LogP contribution < -0.4 is 10.1 Å². The van der Waals surface area contributed by atoms with Crippen molar-refractivity contribution < 1.29 is 24.5 Å². The number of carbonyl (C=O) groups is 2. The fourth-order valence-corrected chi connectivity index (χ4v) is 4.78. The predicted octanol–water partition coefficient (Wildman–Crippen LogP) is 1.62. The Kier molecular flexibility index (Phi) is 7.23. The summed E-state index contributed by atoms with van der Waals surface area (Å²) in [5.74, 6) is 0.425. The molecule has 9 nitrogen and oxygen atoms in total. The molecule has 0 aliphatic carbocycles. The molecule has 184 valence electrons. The number of fused-ring (bicyclic) bond motifs is 1. The summed E-state index contributed by atoms with van der Waals surface area (Å²) in [6.45, 7) is 5.28. The van der Waals surface area contributed by atoms with Gasteiger partial charge in [-0.25, -0.2) is 0 Å². The van der Waals surface area contributed by atoms with E-state index >= 15 is 0 Å². The number of aliphatic hydroxyl groups excluding tert-OH is 2. The molecular weight excluding hydrogens is 436 g/mol. The SMILES string of the molecule is CC(C)c1cc(C(=O)N2CCC3(CC2)CNC(=O)COc2ccccc2C[C@H](O)[C@H](O)C3)n[nH]1. The molecule has 4 N–H and O–H groups in total. The van der Waals surface area contributed by atoms with E-state index in [0.29, 0.717) is 50.3 Å². The standard InChI is InChI=1S/C25H34N4O5/c1-16(2)18-12-19(28-27-18)24(33)29-9-7-25(8-10-29)13-21(31)20(30)11-17-5-3-4-6-22(17)34-14-23(32)26-15-25/h3-6,12,16,20-21,30-31H,7-11,13-15H2,1-2H3,(H,26,32)(H,27,28)/t20-,21+/m0/s1. The van der Waals surface area contributed by atoms with E-state index in [4.69, 9.17) is 4.74 Å². The molecule has 1 aromatic heterocycles. The normalized spacial score (nSPS) is 23.4. The Morgan fingerprint density at radius 1 is 1.21 bits per heavy atom. The summed E-state index contributed by atoms with van der Waals surface area (Å²) < 4.78 is 5.68. The van der Waals surface area contributed by atoms with Gasteiger partial charge >= 0.3 is 0 Å². The average molecular weight is 471 g/mol. The zero-order valence-electron chi connectivity index (χ0n) is 19.8. The van der Waals surface area contributed by atoms with Crippen molar-refractivity contribution in [3.8, 4) is 5.75 Å². The molecule has 1 fully saturated rings. The van der Waals surface area contributed by atoms with Crippen molar-refractivity contribution in [1.82, 2.24) is 20.4 Å². The van der Waals surface area contributed by atoms with Crippen LogP contribution >= 0.6 is 0 Å². The minimum absolute atomic E-state index is 0.117. The number of aromatic nitrogens is 2. The molecule has 2 atom stereocenters. The quantitative estimate of drug-likeness (QED) is 0.528. The summed E-state index contributed by atoms with van der Waals surface area (Å²) >= 11 is 0. The summed E-state index contributed by atoms with van der Waals surface area (Å²) in [6, 6.07) is 9.03. The molecule has 2 aromatic rings. The van der Waals surface area contributed by atoms with Crippen LogP contribution in [0.25, 0.3) is 0 Å². The second-order valence-corrected chi connectivity index (χ2v) is 9.87. The van der Waals surface area contributed by atoms with Gasteiger partial charge in [-0.05, 0) is 48.3 Å². The van der Waals surface area contributed by atoms with E-state index in [-0.39, 0.29) is 30.8 Å². The number of benzene rings is 1. The molecule has 1 spiro atoms. The van der Waals surface area contributed by atoms with E-state index < -0.39 is 17.6 Å². The van der Waals surface area contributed by atoms with Crippen molar-refractivity contribution in [3.63, 3.8) is 0 Å². The first-order valence-corrected chi connectivity index (χ1v) is 11.9. The third-order valence-corrected chi connectivity index (χ3v) is 7.06. The van der Waals surface area contributed by atoms with Crippen LogP contribution in [0.4, 0.5) is 0 Å². The monoisotopic (exact) mass is 470 g/mol. The maximum atomic E-state index is 13.0. The van der Waals surface area contributed by atoms with E-state index in [1.807, 2.05) is 32.0 Å². The molecule has 0 radical (unpaired) electrons. The number of aromatic amines is 1. The van der Waals surface area contributed by atoms with Gasteiger partial charge in [0.15, 0.2) is 6.61 Å². The van der Waals surface area contributed by atoms with Crippen molar-refractivity contribution in [2.45, 2.75) is 57.7 Å². The fraction of sp³-hybridized carbons (Fsp3) is 0.560. The van der Waals surface area contributed by atoms with Crippen molar-refractivity contribution in [2.75, 3.05) is 26.2 Å². The molecular formula is C25H34N4O5. The Bertz CT molecular complexity index is 1010. The Labute approximate surface area is 199 Å². The molecule has 1 aromatic carbocycles. The van der Waals surface area contributed by atoms with Crippen molar-refractivity contribution in [3.05, 3.63) is 47.3 Å². The van der Waals surface area contributed by atoms with E-state index in [2.05, 4.69) is 15.5 Å². The van der Waals surface area contributed by atoms with Crippen molar-refractivity contribution >= 4 is 11.8 Å². The maximum Gasteiger partial charge on any atom is 0.274 e. The molecule has 0 bridgehead atoms. The van der Waals surface area contributed by atoms with Crippen LogP contribution in [0, 0.1) is 5.41 Å². The second-order valence-electron chi connectivity index (χ2n) is 9.87. The van der Waals surface area contributed by atoms with E-state index in [9.17, 15) is 19.8 Å². The number of amides is 2. The molecule has 4 rings (SSSR count). The van der Waals surface area contributed by atoms with Crippen LogP contribution in [-0.2, 0) is 11.2 Å². The molecule has 0 saturated carbocycles. The molecule has 2 amide bonds. The van der Waals surface area contributed by atoms with E-state index in [1.165, 1.54) is 0 Å². The van der Waals surface area contributed by atoms with Gasteiger partial charge in [0.1, 0.15) is 11.4 Å². The van der Waals surface area contributed by atoms with Crippen LogP contribution in [0.5, 0.6) is 5.75 Å². The van der Waals surface area contributed by atoms with Gasteiger partial charge in [0.05, 0.1) is 12.2 Å². The van der Waals surface area contributed by atoms with Gasteiger partial charge in [-0.2, -0.15) is 5.10 Å². The summed E-state index contributed by atoms with van der Waals surface area (Å²) in [5.41, 5.74) is 1.63. The van der Waals surface area contributed by atoms with E-state index in [0.717, 1.165) is 11.3 Å². The number of hydrogen-bond acceptors (Lipinski definition) is 6. The number of nitrogens with one attached hydrogen (secondary N) is 2. The van der Waals surface area contributed by atoms with Gasteiger partial charge in [-0.15, -0.1) is 0 Å². The van der Waals surface area contributed by atoms with E-state index in [1.54, 1.807) is 17.0 Å². The van der Waals surface area contributed by atoms with Crippen molar-refractivity contribution in [1.29, 1.82) is 0 Å². The highest BCUT2D eigenvalue weighted by Gasteiger charge is 2.40. The highest BCUT2D eigenvalue weighted by atomic mass is 16.5. The second kappa shape index (κ2) is 10.1. The predicted molar refractivity (Wildman–Crippen MR) is 126 cm³/mol. The topological polar surface area (TPSA) is 128 Å². The molecule has 9 heteroatoms. The lowest BCUT2D eigenvalue weighted by atomic mass is 9.73. The number of hydrogen-bond donors (Lipinski definition) is 4. The summed E-state index contributed by atoms with van der Waals surface area (Å²) in [6.07, 6.45) is -0.165. The number of likely N-dealkylation sites (tertiary alicyclic amines) is 1. The number of piperidine rings is 1. The summed E-state index contributed by atoms with van der Waals surface area (Å²) in [5, 5.41) is 31.7. The molecule has 2 aliphatic rings. The molecule has 0 unspecified atom stereocenters. The lowest BCUT2D eigenvalue weighted by molar-refractivity contribution is -0.124. The first-order chi connectivity index (χ1) is 16.3. The Hall–Kier alpha value is -2.91. The Balaban J connectivity index is 1.46. The lowest BCUT2D eigenvalue weighted by Crippen LogP contribution is -2.51. The van der Waals surface area contributed by atoms with Gasteiger partial charge in [0, 0.05) is 31.7 Å². The number of ether oxygens (including phenoxy) is 1. The van der Waals surface area contributed by atoms with Gasteiger partial charge in [0.25, 0.3) is 11.8 Å². The van der Waals surface area contributed by atoms with Crippen LogP contribution in [0.2, 0.25) is 0 Å². The first kappa shape index (κ1) is 24.2. The highest BCUT2D eigenvalue weighted by Crippen LogP contribution is 2.37. The molecule has 2 aliphatic heterocycles. The van der Waals surface area contributed by atoms with Gasteiger partial charge < -0.3 is 25.2 Å². The minimum atomic E-state index is -0.966. The smallest absolute Gasteiger partial charge is 0.274 e. The molecule has 34 heavy (non-hydrogen) atoms. The number of nitrogens with zero attached hydrogens (tertiary/aromatic N) is 2. The van der Waals surface area contributed by atoms with Crippen molar-refractivity contribution in [2.24, 2.45) is 5.41 Å². The fourth-order valence-electron chi connectivity index (χ4n) is 4.78. The zero-order chi connectivity index (χ0) is 24.3. The number of para-hydroxylation sites is 1. The largest absolute Gasteiger partial charge is 0.483 e. The Morgan fingerprint density at radius 3 is 2.65 bits per heavy atom. The number of rotatable bonds is 2. The zero-order valence-corrected chi connectivity index (χ0v) is 19.8. The third-order valence-electron chi connectivity index (χ3n) is 7.06. The van der Waals surface area contributed by atoms with Crippen LogP contribution in [0.1, 0.15) is 60.8 Å². The minimum Gasteiger partial charge on any atom is -0.483 e. The van der Waals surface area contributed by atoms with Gasteiger partial charge in [-0.3, -0.25) is 14.7 Å². The molecule has 3 heterocycles. The Morgan fingerprint density at radius 2 is 1.94 bits per heavy atom. The van der Waals surface area contributed by atoms with Crippen LogP contribution in [0.3, 0.4) is 0 Å². The number of carbonyl (C=O) groups excluding carboxylic acids is 2. The number of aliphatic hydroxyl groups is 2. The maximum absolute atomic E-state index is 13.0.